The third kappa shape index (κ3) is 4.27. The molecule has 0 N–H and O–H groups in total. The Kier molecular flexibility index (Phi) is 6.63. The van der Waals surface area contributed by atoms with E-state index in [2.05, 4.69) is 6.92 Å². The molecule has 1 atom stereocenters. The van der Waals surface area contributed by atoms with E-state index in [9.17, 15) is 9.59 Å². The van der Waals surface area contributed by atoms with Gasteiger partial charge in [0.05, 0.1) is 5.92 Å². The molecule has 0 aliphatic rings. The quantitative estimate of drug-likeness (QED) is 0.433. The van der Waals surface area contributed by atoms with Gasteiger partial charge in [0.25, 0.3) is 0 Å². The number of rotatable bonds is 7. The summed E-state index contributed by atoms with van der Waals surface area (Å²) in [6, 6.07) is 0. The van der Waals surface area contributed by atoms with Gasteiger partial charge in [0.2, 0.25) is 6.29 Å². The maximum absolute atomic E-state index is 11.2. The molecule has 69 valence electrons. The molecule has 0 aliphatic heterocycles. The summed E-state index contributed by atoms with van der Waals surface area (Å²) in [6.45, 7) is 3.93. The van der Waals surface area contributed by atoms with Crippen molar-refractivity contribution in [2.45, 2.75) is 46.0 Å². The number of unbranched alkanes of at least 4 members (excludes halogenated alkanes) is 2. The molecule has 0 aromatic heterocycles. The lowest BCUT2D eigenvalue weighted by atomic mass is 9.98. The summed E-state index contributed by atoms with van der Waals surface area (Å²) in [7, 11) is 0. The fraction of sp³-hybridized carbons (Fsp3) is 0.800. The van der Waals surface area contributed by atoms with Gasteiger partial charge in [-0.3, -0.25) is 9.59 Å². The van der Waals surface area contributed by atoms with Crippen molar-refractivity contribution in [3.05, 3.63) is 0 Å². The predicted octanol–water partition coefficient (Wildman–Crippen LogP) is 2.27. The minimum Gasteiger partial charge on any atom is -0.299 e. The van der Waals surface area contributed by atoms with Crippen molar-refractivity contribution in [3.8, 4) is 0 Å². The number of hydrogen-bond acceptors (Lipinski definition) is 2. The van der Waals surface area contributed by atoms with Gasteiger partial charge < -0.3 is 0 Å². The third-order valence-electron chi connectivity index (χ3n) is 1.97. The van der Waals surface area contributed by atoms with Crippen LogP contribution in [-0.4, -0.2) is 12.1 Å². The van der Waals surface area contributed by atoms with Gasteiger partial charge in [-0.05, 0) is 12.8 Å². The number of carbonyl (C=O) groups excluding carboxylic acids is 2. The zero-order valence-electron chi connectivity index (χ0n) is 7.93. The molecule has 12 heavy (non-hydrogen) atoms. The maximum Gasteiger partial charge on any atom is 0.209 e. The largest absolute Gasteiger partial charge is 0.299 e. The van der Waals surface area contributed by atoms with Crippen LogP contribution in [0.2, 0.25) is 0 Å². The first-order valence-electron chi connectivity index (χ1n) is 4.66. The van der Waals surface area contributed by atoms with Gasteiger partial charge in [0.1, 0.15) is 5.78 Å². The van der Waals surface area contributed by atoms with Crippen molar-refractivity contribution < 1.29 is 9.59 Å². The van der Waals surface area contributed by atoms with Crippen molar-refractivity contribution in [3.63, 3.8) is 0 Å². The molecule has 0 saturated carbocycles. The van der Waals surface area contributed by atoms with Crippen LogP contribution in [0.5, 0.6) is 0 Å². The second kappa shape index (κ2) is 7.01. The topological polar surface area (TPSA) is 34.1 Å². The van der Waals surface area contributed by atoms with E-state index in [1.807, 2.05) is 6.92 Å². The number of Topliss-reactive ketones (excluding diaryl/α,β-unsaturated/α-hetero) is 1. The van der Waals surface area contributed by atoms with Gasteiger partial charge in [0, 0.05) is 6.42 Å². The van der Waals surface area contributed by atoms with Crippen molar-refractivity contribution in [1.82, 2.24) is 0 Å². The zero-order chi connectivity index (χ0) is 9.40. The predicted molar refractivity (Wildman–Crippen MR) is 48.6 cm³/mol. The van der Waals surface area contributed by atoms with Gasteiger partial charge >= 0.3 is 0 Å². The highest BCUT2D eigenvalue weighted by atomic mass is 16.1. The molecular formula is C10H17O2. The van der Waals surface area contributed by atoms with Crippen molar-refractivity contribution in [2.75, 3.05) is 0 Å². The lowest BCUT2D eigenvalue weighted by molar-refractivity contribution is -0.121. The highest BCUT2D eigenvalue weighted by molar-refractivity contribution is 5.93. The van der Waals surface area contributed by atoms with Crippen LogP contribution >= 0.6 is 0 Å². The first-order chi connectivity index (χ1) is 5.76. The summed E-state index contributed by atoms with van der Waals surface area (Å²) in [4.78, 5) is 21.5. The normalized spacial score (nSPS) is 12.5. The van der Waals surface area contributed by atoms with E-state index in [1.165, 1.54) is 0 Å². The molecule has 0 amide bonds. The van der Waals surface area contributed by atoms with E-state index < -0.39 is 5.92 Å². The molecule has 0 heterocycles. The second-order valence-electron chi connectivity index (χ2n) is 3.00. The Balaban J connectivity index is 3.62. The molecule has 2 heteroatoms. The number of ketones is 1. The van der Waals surface area contributed by atoms with Crippen LogP contribution in [0, 0.1) is 5.92 Å². The molecule has 0 spiro atoms. The SMILES string of the molecule is CCCCCC(=O)C([C]=O)CC. The van der Waals surface area contributed by atoms with Crippen molar-refractivity contribution >= 4 is 12.1 Å². The average molecular weight is 169 g/mol. The highest BCUT2D eigenvalue weighted by Crippen LogP contribution is 2.07. The molecular weight excluding hydrogens is 152 g/mol. The Hall–Kier alpha value is -0.660. The first kappa shape index (κ1) is 11.3. The van der Waals surface area contributed by atoms with Gasteiger partial charge in [-0.25, -0.2) is 0 Å². The van der Waals surface area contributed by atoms with Crippen molar-refractivity contribution in [2.24, 2.45) is 5.92 Å². The van der Waals surface area contributed by atoms with Crippen molar-refractivity contribution in [1.29, 1.82) is 0 Å². The highest BCUT2D eigenvalue weighted by Gasteiger charge is 2.14. The zero-order valence-corrected chi connectivity index (χ0v) is 7.93. The molecule has 0 fully saturated rings. The average Bonchev–Trinajstić information content (AvgIpc) is 2.07. The van der Waals surface area contributed by atoms with E-state index in [0.29, 0.717) is 12.8 Å². The van der Waals surface area contributed by atoms with Gasteiger partial charge in [-0.15, -0.1) is 0 Å². The lowest BCUT2D eigenvalue weighted by Gasteiger charge is -2.03. The Morgan fingerprint density at radius 3 is 2.42 bits per heavy atom. The summed E-state index contributed by atoms with van der Waals surface area (Å²) in [5, 5.41) is 0. The summed E-state index contributed by atoms with van der Waals surface area (Å²) in [6.07, 6.45) is 6.00. The lowest BCUT2D eigenvalue weighted by Crippen LogP contribution is -2.14. The first-order valence-corrected chi connectivity index (χ1v) is 4.66. The van der Waals surface area contributed by atoms with E-state index >= 15 is 0 Å². The molecule has 2 nitrogen and oxygen atoms in total. The van der Waals surface area contributed by atoms with Crippen LogP contribution in [-0.2, 0) is 9.59 Å². The summed E-state index contributed by atoms with van der Waals surface area (Å²) < 4.78 is 0. The van der Waals surface area contributed by atoms with Crippen LogP contribution in [0.25, 0.3) is 0 Å². The Morgan fingerprint density at radius 1 is 1.33 bits per heavy atom. The van der Waals surface area contributed by atoms with Crippen LogP contribution in [0.4, 0.5) is 0 Å². The standard InChI is InChI=1S/C10H17O2/c1-3-5-6-7-10(12)9(4-2)8-11/h9H,3-7H2,1-2H3. The monoisotopic (exact) mass is 169 g/mol. The molecule has 0 saturated heterocycles. The maximum atomic E-state index is 11.2. The summed E-state index contributed by atoms with van der Waals surface area (Å²) >= 11 is 0. The van der Waals surface area contributed by atoms with E-state index in [0.717, 1.165) is 19.3 Å². The fourth-order valence-corrected chi connectivity index (χ4v) is 1.10. The summed E-state index contributed by atoms with van der Waals surface area (Å²) in [5.74, 6) is -0.414. The van der Waals surface area contributed by atoms with Crippen LogP contribution in [0.1, 0.15) is 46.0 Å². The molecule has 0 aliphatic carbocycles. The van der Waals surface area contributed by atoms with E-state index in [1.54, 1.807) is 6.29 Å². The molecule has 0 aromatic rings. The molecule has 1 unspecified atom stereocenters. The van der Waals surface area contributed by atoms with E-state index in [-0.39, 0.29) is 5.78 Å². The Morgan fingerprint density at radius 2 is 2.00 bits per heavy atom. The second-order valence-corrected chi connectivity index (χ2v) is 3.00. The minimum absolute atomic E-state index is 0.0564. The molecule has 0 rings (SSSR count). The molecule has 0 bridgehead atoms. The van der Waals surface area contributed by atoms with Gasteiger partial charge in [0.15, 0.2) is 0 Å². The van der Waals surface area contributed by atoms with Crippen LogP contribution in [0.15, 0.2) is 0 Å². The van der Waals surface area contributed by atoms with Crippen LogP contribution in [0.3, 0.4) is 0 Å². The third-order valence-corrected chi connectivity index (χ3v) is 1.97. The Labute approximate surface area is 74.3 Å². The number of carbonyl (C=O) groups is 1. The fourth-order valence-electron chi connectivity index (χ4n) is 1.10. The minimum atomic E-state index is -0.471. The summed E-state index contributed by atoms with van der Waals surface area (Å²) in [5.41, 5.74) is 0. The van der Waals surface area contributed by atoms with Crippen LogP contribution < -0.4 is 0 Å². The molecule has 1 radical (unpaired) electrons. The van der Waals surface area contributed by atoms with Gasteiger partial charge in [-0.2, -0.15) is 0 Å². The Bertz CT molecular complexity index is 141. The molecule has 0 aromatic carbocycles. The van der Waals surface area contributed by atoms with Gasteiger partial charge in [-0.1, -0.05) is 26.7 Å². The smallest absolute Gasteiger partial charge is 0.209 e. The van der Waals surface area contributed by atoms with E-state index in [4.69, 9.17) is 0 Å². The number of hydrogen-bond donors (Lipinski definition) is 0.